The quantitative estimate of drug-likeness (QED) is 0.631. The summed E-state index contributed by atoms with van der Waals surface area (Å²) in [6.45, 7) is 3.62. The van der Waals surface area contributed by atoms with E-state index < -0.39 is 20.1 Å². The molecule has 1 aliphatic heterocycles. The third-order valence-corrected chi connectivity index (χ3v) is 6.48. The molecule has 0 atom stereocenters. The summed E-state index contributed by atoms with van der Waals surface area (Å²) in [6, 6.07) is 15.3. The molecule has 1 fully saturated rings. The summed E-state index contributed by atoms with van der Waals surface area (Å²) in [6.07, 6.45) is 1.74. The molecule has 0 saturated carbocycles. The molecule has 1 aliphatic rings. The van der Waals surface area contributed by atoms with E-state index in [0.29, 0.717) is 0 Å². The van der Waals surface area contributed by atoms with E-state index in [1.54, 1.807) is 12.1 Å². The van der Waals surface area contributed by atoms with E-state index in [1.165, 1.54) is 12.1 Å². The molecule has 1 heterocycles. The number of hydrogen-bond acceptors (Lipinski definition) is 5. The highest BCUT2D eigenvalue weighted by molar-refractivity contribution is 7.88. The first kappa shape index (κ1) is 22.5. The van der Waals surface area contributed by atoms with Gasteiger partial charge in [-0.2, -0.15) is 8.42 Å². The van der Waals surface area contributed by atoms with Gasteiger partial charge in [-0.3, -0.25) is 4.55 Å². The lowest BCUT2D eigenvalue weighted by atomic mass is 10.1. The molecule has 0 aliphatic carbocycles. The summed E-state index contributed by atoms with van der Waals surface area (Å²) < 4.78 is 56.2. The molecule has 7 nitrogen and oxygen atoms in total. The van der Waals surface area contributed by atoms with Crippen molar-refractivity contribution in [1.82, 2.24) is 10.0 Å². The van der Waals surface area contributed by atoms with Gasteiger partial charge in [0, 0.05) is 6.04 Å². The number of aryl methyl sites for hydroxylation is 1. The highest BCUT2D eigenvalue weighted by Gasteiger charge is 2.20. The van der Waals surface area contributed by atoms with Crippen LogP contribution in [0.25, 0.3) is 0 Å². The van der Waals surface area contributed by atoms with Crippen LogP contribution in [0.4, 0.5) is 0 Å². The van der Waals surface area contributed by atoms with Crippen molar-refractivity contribution >= 4 is 20.1 Å². The molecule has 0 amide bonds. The van der Waals surface area contributed by atoms with Crippen molar-refractivity contribution in [2.45, 2.75) is 36.5 Å². The molecule has 3 rings (SSSR count). The molecule has 0 bridgehead atoms. The smallest absolute Gasteiger partial charge is 0.294 e. The number of nitrogens with one attached hydrogen (secondary N) is 2. The Balaban J connectivity index is 0.000000221. The summed E-state index contributed by atoms with van der Waals surface area (Å²) in [7, 11) is -7.23. The normalized spacial score (nSPS) is 15.5. The second-order valence-corrected chi connectivity index (χ2v) is 9.85. The van der Waals surface area contributed by atoms with Crippen LogP contribution in [-0.4, -0.2) is 40.5 Å². The highest BCUT2D eigenvalue weighted by Crippen LogP contribution is 2.09. The van der Waals surface area contributed by atoms with Crippen molar-refractivity contribution in [2.24, 2.45) is 0 Å². The van der Waals surface area contributed by atoms with E-state index in [4.69, 9.17) is 4.55 Å². The Hall–Kier alpha value is -1.78. The van der Waals surface area contributed by atoms with E-state index in [0.717, 1.165) is 37.1 Å². The fourth-order valence-electron chi connectivity index (χ4n) is 2.74. The lowest BCUT2D eigenvalue weighted by Crippen LogP contribution is -2.43. The summed E-state index contributed by atoms with van der Waals surface area (Å²) in [5.41, 5.74) is 1.78. The van der Waals surface area contributed by atoms with Crippen molar-refractivity contribution in [3.63, 3.8) is 0 Å². The predicted molar refractivity (Wildman–Crippen MR) is 109 cm³/mol. The summed E-state index contributed by atoms with van der Waals surface area (Å²) >= 11 is 0. The van der Waals surface area contributed by atoms with Crippen molar-refractivity contribution in [1.29, 1.82) is 0 Å². The number of benzene rings is 2. The molecule has 2 aromatic carbocycles. The molecule has 1 saturated heterocycles. The summed E-state index contributed by atoms with van der Waals surface area (Å²) in [4.78, 5) is -0.0666. The summed E-state index contributed by atoms with van der Waals surface area (Å²) in [5.74, 6) is 0.0672. The number of sulfonamides is 1. The van der Waals surface area contributed by atoms with Crippen LogP contribution in [0.5, 0.6) is 0 Å². The topological polar surface area (TPSA) is 113 Å². The molecule has 154 valence electrons. The van der Waals surface area contributed by atoms with Gasteiger partial charge in [-0.15, -0.1) is 0 Å². The Kier molecular flexibility index (Phi) is 8.14. The van der Waals surface area contributed by atoms with Crippen LogP contribution >= 0.6 is 0 Å². The maximum absolute atomic E-state index is 11.9. The molecule has 0 spiro atoms. The van der Waals surface area contributed by atoms with Gasteiger partial charge in [0.05, 0.1) is 10.6 Å². The highest BCUT2D eigenvalue weighted by atomic mass is 32.2. The van der Waals surface area contributed by atoms with Crippen LogP contribution in [0.1, 0.15) is 24.0 Å². The SMILES string of the molecule is Cc1ccc(S(=O)(=O)O)cc1.O=S(=O)(Cc1ccccc1)NC1CCNCC1. The van der Waals surface area contributed by atoms with Gasteiger partial charge in [-0.1, -0.05) is 48.0 Å². The monoisotopic (exact) mass is 426 g/mol. The number of piperidine rings is 1. The minimum atomic E-state index is -4.02. The third kappa shape index (κ3) is 8.07. The zero-order chi connectivity index (χ0) is 20.6. The minimum absolute atomic E-state index is 0.0666. The first-order valence-corrected chi connectivity index (χ1v) is 12.0. The van der Waals surface area contributed by atoms with Gasteiger partial charge in [0.15, 0.2) is 0 Å². The van der Waals surface area contributed by atoms with Crippen LogP contribution in [-0.2, 0) is 25.9 Å². The number of hydrogen-bond donors (Lipinski definition) is 3. The Morgan fingerprint density at radius 1 is 0.964 bits per heavy atom. The molecular weight excluding hydrogens is 400 g/mol. The molecule has 0 radical (unpaired) electrons. The molecule has 9 heteroatoms. The van der Waals surface area contributed by atoms with Crippen molar-refractivity contribution in [2.75, 3.05) is 13.1 Å². The fraction of sp³-hybridized carbons (Fsp3) is 0.368. The van der Waals surface area contributed by atoms with Crippen molar-refractivity contribution in [3.8, 4) is 0 Å². The standard InChI is InChI=1S/C12H18N2O2S.C7H8O3S/c15-17(16,10-11-4-2-1-3-5-11)14-12-6-8-13-9-7-12;1-6-2-4-7(5-3-6)11(8,9)10/h1-5,12-14H,6-10H2;2-5H,1H3,(H,8,9,10). The minimum Gasteiger partial charge on any atom is -0.317 e. The van der Waals surface area contributed by atoms with Crippen LogP contribution in [0.15, 0.2) is 59.5 Å². The Morgan fingerprint density at radius 3 is 2.07 bits per heavy atom. The predicted octanol–water partition coefficient (Wildman–Crippen LogP) is 2.10. The van der Waals surface area contributed by atoms with Gasteiger partial charge in [0.2, 0.25) is 10.0 Å². The molecule has 3 N–H and O–H groups in total. The van der Waals surface area contributed by atoms with E-state index in [1.807, 2.05) is 37.3 Å². The van der Waals surface area contributed by atoms with E-state index >= 15 is 0 Å². The maximum Gasteiger partial charge on any atom is 0.294 e. The fourth-order valence-corrected chi connectivity index (χ4v) is 4.68. The molecule has 2 aromatic rings. The lowest BCUT2D eigenvalue weighted by molar-refractivity contribution is 0.427. The van der Waals surface area contributed by atoms with Gasteiger partial charge < -0.3 is 5.32 Å². The zero-order valence-corrected chi connectivity index (χ0v) is 17.3. The van der Waals surface area contributed by atoms with Crippen LogP contribution in [0.2, 0.25) is 0 Å². The van der Waals surface area contributed by atoms with Crippen LogP contribution in [0, 0.1) is 6.92 Å². The third-order valence-electron chi connectivity index (χ3n) is 4.20. The summed E-state index contributed by atoms with van der Waals surface area (Å²) in [5, 5.41) is 3.22. The van der Waals surface area contributed by atoms with E-state index in [2.05, 4.69) is 10.0 Å². The zero-order valence-electron chi connectivity index (χ0n) is 15.7. The molecule has 0 aromatic heterocycles. The van der Waals surface area contributed by atoms with Gasteiger partial charge in [0.25, 0.3) is 10.1 Å². The second kappa shape index (κ2) is 10.1. The Morgan fingerprint density at radius 2 is 1.54 bits per heavy atom. The number of rotatable bonds is 5. The lowest BCUT2D eigenvalue weighted by Gasteiger charge is -2.23. The van der Waals surface area contributed by atoms with Gasteiger partial charge in [0.1, 0.15) is 0 Å². The van der Waals surface area contributed by atoms with Gasteiger partial charge in [-0.25, -0.2) is 13.1 Å². The average molecular weight is 427 g/mol. The Bertz CT molecular complexity index is 938. The molecular formula is C19H26N2O5S2. The first-order chi connectivity index (χ1) is 13.2. The molecule has 28 heavy (non-hydrogen) atoms. The second-order valence-electron chi connectivity index (χ2n) is 6.67. The van der Waals surface area contributed by atoms with Crippen LogP contribution < -0.4 is 10.0 Å². The first-order valence-electron chi connectivity index (χ1n) is 8.94. The maximum atomic E-state index is 11.9. The van der Waals surface area contributed by atoms with Crippen molar-refractivity contribution < 1.29 is 21.4 Å². The molecule has 0 unspecified atom stereocenters. The van der Waals surface area contributed by atoms with Gasteiger partial charge >= 0.3 is 0 Å². The van der Waals surface area contributed by atoms with Crippen LogP contribution in [0.3, 0.4) is 0 Å². The van der Waals surface area contributed by atoms with E-state index in [9.17, 15) is 16.8 Å². The van der Waals surface area contributed by atoms with Crippen molar-refractivity contribution in [3.05, 3.63) is 65.7 Å². The largest absolute Gasteiger partial charge is 0.317 e. The Labute approximate surface area is 167 Å². The average Bonchev–Trinajstić information content (AvgIpc) is 2.63. The van der Waals surface area contributed by atoms with Gasteiger partial charge in [-0.05, 0) is 50.6 Å². The van der Waals surface area contributed by atoms with E-state index in [-0.39, 0.29) is 16.7 Å².